The SMILES string of the molecule is COC1=CC2C(C)=C(C(=O)N(C)CCCCN(C)S(N)(=O)=O)CN3c4cc(C(=O)O)ccc4C(C4CCCCC4)C3C2C=C1. The predicted octanol–water partition coefficient (Wildman–Crippen LogP) is 4.27. The van der Waals surface area contributed by atoms with Crippen molar-refractivity contribution >= 4 is 27.8 Å². The van der Waals surface area contributed by atoms with Crippen LogP contribution in [-0.2, 0) is 19.7 Å². The molecule has 44 heavy (non-hydrogen) atoms. The number of nitrogens with two attached hydrogens (primary N) is 1. The smallest absolute Gasteiger partial charge is 0.335 e. The van der Waals surface area contributed by atoms with E-state index in [-0.39, 0.29) is 41.8 Å². The molecule has 2 aliphatic carbocycles. The molecule has 2 heterocycles. The van der Waals surface area contributed by atoms with Gasteiger partial charge in [0, 0.05) is 68.8 Å². The first-order chi connectivity index (χ1) is 20.9. The molecule has 2 aliphatic heterocycles. The average molecular weight is 627 g/mol. The molecular weight excluding hydrogens is 580 g/mol. The number of hydrogen-bond acceptors (Lipinski definition) is 6. The van der Waals surface area contributed by atoms with E-state index in [2.05, 4.69) is 24.0 Å². The highest BCUT2D eigenvalue weighted by Crippen LogP contribution is 2.55. The van der Waals surface area contributed by atoms with Gasteiger partial charge in [-0.3, -0.25) is 4.79 Å². The van der Waals surface area contributed by atoms with Crippen LogP contribution >= 0.6 is 0 Å². The monoisotopic (exact) mass is 626 g/mol. The van der Waals surface area contributed by atoms with Gasteiger partial charge in [-0.05, 0) is 68.4 Å². The summed E-state index contributed by atoms with van der Waals surface area (Å²) in [5.74, 6) is 0.520. The Labute approximate surface area is 261 Å². The average Bonchev–Trinajstić information content (AvgIpc) is 3.27. The van der Waals surface area contributed by atoms with Crippen LogP contribution in [-0.4, -0.2) is 81.5 Å². The normalized spacial score (nSPS) is 25.2. The van der Waals surface area contributed by atoms with Crippen molar-refractivity contribution in [2.24, 2.45) is 22.9 Å². The Balaban J connectivity index is 1.50. The Kier molecular flexibility index (Phi) is 9.58. The number of amides is 1. The number of likely N-dealkylation sites (N-methyl/N-ethyl adjacent to an activating group) is 1. The van der Waals surface area contributed by atoms with Crippen molar-refractivity contribution in [3.05, 3.63) is 64.5 Å². The maximum Gasteiger partial charge on any atom is 0.335 e. The third-order valence-corrected chi connectivity index (χ3v) is 11.3. The van der Waals surface area contributed by atoms with Crippen molar-refractivity contribution in [2.75, 3.05) is 45.7 Å². The summed E-state index contributed by atoms with van der Waals surface area (Å²) in [4.78, 5) is 30.3. The highest BCUT2D eigenvalue weighted by atomic mass is 32.2. The number of nitrogens with zero attached hydrogens (tertiary/aromatic N) is 3. The third kappa shape index (κ3) is 6.32. The van der Waals surface area contributed by atoms with E-state index in [9.17, 15) is 23.1 Å². The molecular formula is C33H46N4O6S. The minimum atomic E-state index is -3.74. The summed E-state index contributed by atoms with van der Waals surface area (Å²) in [5, 5.41) is 15.1. The number of rotatable bonds is 10. The second-order valence-electron chi connectivity index (χ2n) is 12.8. The van der Waals surface area contributed by atoms with Gasteiger partial charge in [0.1, 0.15) is 5.76 Å². The quantitative estimate of drug-likeness (QED) is 0.371. The summed E-state index contributed by atoms with van der Waals surface area (Å²) in [7, 11) is 1.16. The molecule has 0 radical (unpaired) electrons. The van der Waals surface area contributed by atoms with Crippen LogP contribution in [0.25, 0.3) is 0 Å². The Morgan fingerprint density at radius 2 is 1.82 bits per heavy atom. The van der Waals surface area contributed by atoms with Crippen LogP contribution in [0.5, 0.6) is 0 Å². The number of hydrogen-bond donors (Lipinski definition) is 2. The Hall–Kier alpha value is -3.15. The number of carbonyl (C=O) groups excluding carboxylic acids is 1. The van der Waals surface area contributed by atoms with E-state index >= 15 is 0 Å². The second-order valence-corrected chi connectivity index (χ2v) is 14.5. The fourth-order valence-corrected chi connectivity index (χ4v) is 8.21. The second kappa shape index (κ2) is 13.1. The highest BCUT2D eigenvalue weighted by Gasteiger charge is 2.50. The largest absolute Gasteiger partial charge is 0.497 e. The van der Waals surface area contributed by atoms with Gasteiger partial charge in [-0.1, -0.05) is 37.0 Å². The Morgan fingerprint density at radius 3 is 2.48 bits per heavy atom. The molecule has 0 saturated heterocycles. The zero-order valence-corrected chi connectivity index (χ0v) is 27.1. The number of benzene rings is 1. The van der Waals surface area contributed by atoms with E-state index in [1.807, 2.05) is 12.1 Å². The molecule has 0 spiro atoms. The number of allylic oxidation sites excluding steroid dienone is 3. The van der Waals surface area contributed by atoms with Crippen molar-refractivity contribution in [1.29, 1.82) is 0 Å². The molecule has 1 fully saturated rings. The highest BCUT2D eigenvalue weighted by molar-refractivity contribution is 7.86. The van der Waals surface area contributed by atoms with Crippen molar-refractivity contribution in [3.63, 3.8) is 0 Å². The van der Waals surface area contributed by atoms with Crippen LogP contribution in [0.2, 0.25) is 0 Å². The molecule has 1 amide bonds. The van der Waals surface area contributed by atoms with E-state index in [0.717, 1.165) is 34.2 Å². The number of ether oxygens (including phenoxy) is 1. The summed E-state index contributed by atoms with van der Waals surface area (Å²) in [6.45, 7) is 3.19. The lowest BCUT2D eigenvalue weighted by molar-refractivity contribution is -0.126. The molecule has 4 aliphatic rings. The number of unbranched alkanes of at least 4 members (excludes halogenated alkanes) is 1. The van der Waals surface area contributed by atoms with Crippen LogP contribution in [0.15, 0.2) is 53.3 Å². The van der Waals surface area contributed by atoms with Crippen LogP contribution in [0.4, 0.5) is 5.69 Å². The lowest BCUT2D eigenvalue weighted by atomic mass is 9.68. The third-order valence-electron chi connectivity index (χ3n) is 10.3. The van der Waals surface area contributed by atoms with Gasteiger partial charge in [-0.25, -0.2) is 9.93 Å². The molecule has 1 aromatic carbocycles. The fraction of sp³-hybridized carbons (Fsp3) is 0.576. The minimum absolute atomic E-state index is 0.0416. The van der Waals surface area contributed by atoms with E-state index in [4.69, 9.17) is 9.88 Å². The van der Waals surface area contributed by atoms with Gasteiger partial charge in [0.05, 0.1) is 12.7 Å². The lowest BCUT2D eigenvalue weighted by Gasteiger charge is -2.41. The first-order valence-electron chi connectivity index (χ1n) is 15.7. The maximum atomic E-state index is 14.2. The topological polar surface area (TPSA) is 133 Å². The molecule has 0 aromatic heterocycles. The molecule has 11 heteroatoms. The molecule has 4 unspecified atom stereocenters. The summed E-state index contributed by atoms with van der Waals surface area (Å²) in [5.41, 5.74) is 4.09. The molecule has 4 atom stereocenters. The van der Waals surface area contributed by atoms with Gasteiger partial charge >= 0.3 is 5.97 Å². The zero-order chi connectivity index (χ0) is 31.8. The van der Waals surface area contributed by atoms with E-state index < -0.39 is 16.2 Å². The standard InChI is InChI=1S/C33H46N4O6S/c1-21-27-19-24(43-4)13-15-25(27)31-30(22-10-6-5-7-11-22)26-14-12-23(33(39)40)18-29(26)37(31)20-28(21)32(38)35(2)16-8-9-17-36(3)44(34,41)42/h12-15,18-19,22,25,27,30-31H,5-11,16-17,20H2,1-4H3,(H,39,40)(H2,34,41,42). The molecule has 1 aromatic rings. The maximum absolute atomic E-state index is 14.2. The van der Waals surface area contributed by atoms with Gasteiger partial charge in [0.15, 0.2) is 0 Å². The van der Waals surface area contributed by atoms with Gasteiger partial charge in [0.2, 0.25) is 0 Å². The van der Waals surface area contributed by atoms with E-state index in [1.54, 1.807) is 31.2 Å². The molecule has 10 nitrogen and oxygen atoms in total. The van der Waals surface area contributed by atoms with Crippen molar-refractivity contribution in [1.82, 2.24) is 9.21 Å². The zero-order valence-electron chi connectivity index (χ0n) is 26.2. The van der Waals surface area contributed by atoms with Crippen LogP contribution in [0, 0.1) is 17.8 Å². The molecule has 3 N–H and O–H groups in total. The van der Waals surface area contributed by atoms with Gasteiger partial charge in [-0.15, -0.1) is 0 Å². The van der Waals surface area contributed by atoms with Gasteiger partial charge in [0.25, 0.3) is 16.1 Å². The number of carboxylic acid groups (broad SMARTS) is 1. The van der Waals surface area contributed by atoms with Gasteiger partial charge in [-0.2, -0.15) is 12.7 Å². The number of carbonyl (C=O) groups is 2. The lowest BCUT2D eigenvalue weighted by Crippen LogP contribution is -2.44. The predicted molar refractivity (Wildman–Crippen MR) is 170 cm³/mol. The molecule has 0 bridgehead atoms. The summed E-state index contributed by atoms with van der Waals surface area (Å²) >= 11 is 0. The number of carboxylic acids is 1. The first kappa shape index (κ1) is 32.2. The van der Waals surface area contributed by atoms with Crippen LogP contribution in [0.1, 0.15) is 73.7 Å². The van der Waals surface area contributed by atoms with E-state index in [0.29, 0.717) is 37.4 Å². The van der Waals surface area contributed by atoms with Crippen molar-refractivity contribution < 1.29 is 27.9 Å². The van der Waals surface area contributed by atoms with E-state index in [1.165, 1.54) is 31.9 Å². The summed E-state index contributed by atoms with van der Waals surface area (Å²) < 4.78 is 29.9. The minimum Gasteiger partial charge on any atom is -0.497 e. The number of anilines is 1. The molecule has 5 rings (SSSR count). The van der Waals surface area contributed by atoms with Crippen molar-refractivity contribution in [3.8, 4) is 0 Å². The summed E-state index contributed by atoms with van der Waals surface area (Å²) in [6, 6.07) is 5.63. The van der Waals surface area contributed by atoms with Crippen LogP contribution < -0.4 is 10.0 Å². The fourth-order valence-electron chi connectivity index (χ4n) is 7.83. The molecule has 1 saturated carbocycles. The molecule has 240 valence electrons. The Morgan fingerprint density at radius 1 is 1.11 bits per heavy atom. The number of aromatic carboxylic acids is 1. The Bertz CT molecular complexity index is 1480. The number of fused-ring (bicyclic) bond motifs is 5. The first-order valence-corrected chi connectivity index (χ1v) is 17.2. The van der Waals surface area contributed by atoms with Crippen LogP contribution in [0.3, 0.4) is 0 Å². The van der Waals surface area contributed by atoms with Crippen molar-refractivity contribution in [2.45, 2.75) is 63.8 Å². The van der Waals surface area contributed by atoms with Gasteiger partial charge < -0.3 is 19.6 Å². The summed E-state index contributed by atoms with van der Waals surface area (Å²) in [6.07, 6.45) is 13.6. The number of methoxy groups -OCH3 is 1.